The van der Waals surface area contributed by atoms with Gasteiger partial charge in [0.15, 0.2) is 0 Å². The van der Waals surface area contributed by atoms with E-state index in [4.69, 9.17) is 5.11 Å². The average Bonchev–Trinajstić information content (AvgIpc) is 1.96. The maximum absolute atomic E-state index is 10.8. The quantitative estimate of drug-likeness (QED) is 0.566. The Morgan fingerprint density at radius 2 is 1.76 bits per heavy atom. The molecule has 0 heterocycles. The summed E-state index contributed by atoms with van der Waals surface area (Å²) in [7, 11) is 5.57. The highest BCUT2D eigenvalue weighted by Gasteiger charge is 2.42. The van der Waals surface area contributed by atoms with Crippen LogP contribution < -0.4 is 0 Å². The number of nitrogens with zero attached hydrogens (tertiary/aromatic N) is 1. The molecule has 0 rings (SSSR count). The van der Waals surface area contributed by atoms with Gasteiger partial charge in [-0.25, -0.2) is 0 Å². The van der Waals surface area contributed by atoms with E-state index in [0.717, 1.165) is 0 Å². The summed E-state index contributed by atoms with van der Waals surface area (Å²) in [6, 6.07) is 0. The second kappa shape index (κ2) is 5.80. The van der Waals surface area contributed by atoms with Crippen LogP contribution in [0.25, 0.3) is 0 Å². The van der Waals surface area contributed by atoms with Crippen LogP contribution in [-0.4, -0.2) is 65.2 Å². The van der Waals surface area contributed by atoms with E-state index in [1.165, 1.54) is 0 Å². The van der Waals surface area contributed by atoms with Gasteiger partial charge in [-0.3, -0.25) is 4.79 Å². The zero-order valence-electron chi connectivity index (χ0n) is 11.5. The minimum absolute atomic E-state index is 0.202. The van der Waals surface area contributed by atoms with E-state index < -0.39 is 24.1 Å². The van der Waals surface area contributed by atoms with Crippen molar-refractivity contribution in [2.75, 3.05) is 27.7 Å². The minimum Gasteiger partial charge on any atom is -0.481 e. The van der Waals surface area contributed by atoms with Gasteiger partial charge in [-0.2, -0.15) is 0 Å². The summed E-state index contributed by atoms with van der Waals surface area (Å²) >= 11 is 0. The monoisotopic (exact) mass is 248 g/mol. The molecule has 5 nitrogen and oxygen atoms in total. The molecule has 0 bridgehead atoms. The van der Waals surface area contributed by atoms with Crippen LogP contribution in [0.4, 0.5) is 0 Å². The van der Waals surface area contributed by atoms with Crippen LogP contribution in [0.15, 0.2) is 0 Å². The van der Waals surface area contributed by atoms with Crippen LogP contribution in [0.3, 0.4) is 0 Å². The summed E-state index contributed by atoms with van der Waals surface area (Å²) in [6.07, 6.45) is -1.06. The van der Waals surface area contributed by atoms with Crippen molar-refractivity contribution in [1.29, 1.82) is 0 Å². The Morgan fingerprint density at radius 3 is 2.06 bits per heavy atom. The molecule has 3 N–H and O–H groups in total. The van der Waals surface area contributed by atoms with Crippen molar-refractivity contribution in [3.05, 3.63) is 0 Å². The molecule has 0 aromatic rings. The van der Waals surface area contributed by atoms with Gasteiger partial charge < -0.3 is 19.8 Å². The fraction of sp³-hybridized carbons (Fsp3) is 0.917. The third-order valence-electron chi connectivity index (χ3n) is 2.52. The predicted molar refractivity (Wildman–Crippen MR) is 65.6 cm³/mol. The second-order valence-electron chi connectivity index (χ2n) is 6.27. The number of aliphatic hydroxyl groups excluding tert-OH is 1. The zero-order chi connectivity index (χ0) is 13.9. The topological polar surface area (TPSA) is 77.8 Å². The summed E-state index contributed by atoms with van der Waals surface area (Å²) in [5.41, 5.74) is -1.58. The lowest BCUT2D eigenvalue weighted by Crippen LogP contribution is -2.56. The van der Waals surface area contributed by atoms with Crippen LogP contribution in [0.1, 0.15) is 26.7 Å². The van der Waals surface area contributed by atoms with Crippen molar-refractivity contribution >= 4 is 5.97 Å². The van der Waals surface area contributed by atoms with Crippen LogP contribution >= 0.6 is 0 Å². The molecule has 0 aliphatic rings. The number of likely N-dealkylation sites (N-methyl/N-ethyl adjacent to an activating group) is 1. The normalized spacial score (nSPS) is 17.9. The Bertz CT molecular complexity index is 260. The molecule has 0 aromatic heterocycles. The molecule has 5 heteroatoms. The highest BCUT2D eigenvalue weighted by atomic mass is 16.4. The van der Waals surface area contributed by atoms with Crippen molar-refractivity contribution in [2.24, 2.45) is 5.92 Å². The molecule has 0 radical (unpaired) electrons. The number of aliphatic hydroxyl groups is 2. The molecule has 17 heavy (non-hydrogen) atoms. The lowest BCUT2D eigenvalue weighted by Gasteiger charge is -2.38. The first kappa shape index (κ1) is 16.4. The van der Waals surface area contributed by atoms with Crippen molar-refractivity contribution in [3.63, 3.8) is 0 Å². The molecular formula is C12H26NO4+. The number of carboxylic acids is 1. The van der Waals surface area contributed by atoms with Gasteiger partial charge in [-0.1, -0.05) is 13.8 Å². The van der Waals surface area contributed by atoms with Crippen LogP contribution in [0, 0.1) is 5.92 Å². The third kappa shape index (κ3) is 6.61. The minimum atomic E-state index is -1.58. The van der Waals surface area contributed by atoms with Gasteiger partial charge >= 0.3 is 5.97 Å². The molecule has 102 valence electrons. The largest absolute Gasteiger partial charge is 0.481 e. The third-order valence-corrected chi connectivity index (χ3v) is 2.52. The van der Waals surface area contributed by atoms with Crippen molar-refractivity contribution in [3.8, 4) is 0 Å². The van der Waals surface area contributed by atoms with Crippen molar-refractivity contribution in [2.45, 2.75) is 38.4 Å². The maximum Gasteiger partial charge on any atom is 0.306 e. The summed E-state index contributed by atoms with van der Waals surface area (Å²) in [5, 5.41) is 29.3. The molecule has 0 amide bonds. The SMILES string of the molecule is CC(C)CC(O)C(O)(CC(=O)O)C[N+](C)(C)C. The van der Waals surface area contributed by atoms with E-state index >= 15 is 0 Å². The Balaban J connectivity index is 4.88. The van der Waals surface area contributed by atoms with Gasteiger partial charge in [0.2, 0.25) is 0 Å². The number of hydrogen-bond acceptors (Lipinski definition) is 3. The van der Waals surface area contributed by atoms with Gasteiger partial charge in [-0.05, 0) is 12.3 Å². The summed E-state index contributed by atoms with van der Waals surface area (Å²) < 4.78 is 0.402. The second-order valence-corrected chi connectivity index (χ2v) is 6.27. The Kier molecular flexibility index (Phi) is 5.58. The fourth-order valence-corrected chi connectivity index (χ4v) is 2.03. The fourth-order valence-electron chi connectivity index (χ4n) is 2.03. The summed E-state index contributed by atoms with van der Waals surface area (Å²) in [4.78, 5) is 10.8. The number of aliphatic carboxylic acids is 1. The van der Waals surface area contributed by atoms with Crippen LogP contribution in [0.2, 0.25) is 0 Å². The first-order chi connectivity index (χ1) is 7.46. The van der Waals surface area contributed by atoms with E-state index in [0.29, 0.717) is 10.9 Å². The smallest absolute Gasteiger partial charge is 0.306 e. The molecule has 2 atom stereocenters. The van der Waals surface area contributed by atoms with E-state index in [-0.39, 0.29) is 12.5 Å². The zero-order valence-corrected chi connectivity index (χ0v) is 11.5. The average molecular weight is 248 g/mol. The first-order valence-corrected chi connectivity index (χ1v) is 5.89. The van der Waals surface area contributed by atoms with Crippen molar-refractivity contribution < 1.29 is 24.6 Å². The molecule has 2 unspecified atom stereocenters. The van der Waals surface area contributed by atoms with Gasteiger partial charge in [0.1, 0.15) is 12.1 Å². The molecular weight excluding hydrogens is 222 g/mol. The van der Waals surface area contributed by atoms with Crippen molar-refractivity contribution in [1.82, 2.24) is 0 Å². The Labute approximate surface area is 103 Å². The first-order valence-electron chi connectivity index (χ1n) is 5.89. The standard InChI is InChI=1S/C12H25NO4/c1-9(2)6-10(14)12(17,7-11(15)16)8-13(3,4)5/h9-10,14,17H,6-8H2,1-5H3/p+1. The summed E-state index contributed by atoms with van der Waals surface area (Å²) in [6.45, 7) is 4.06. The molecule has 0 spiro atoms. The Morgan fingerprint density at radius 1 is 1.29 bits per heavy atom. The molecule has 0 saturated carbocycles. The van der Waals surface area contributed by atoms with Gasteiger partial charge in [-0.15, -0.1) is 0 Å². The van der Waals surface area contributed by atoms with Crippen LogP contribution in [-0.2, 0) is 4.79 Å². The number of carboxylic acid groups (broad SMARTS) is 1. The maximum atomic E-state index is 10.8. The van der Waals surface area contributed by atoms with Crippen LogP contribution in [0.5, 0.6) is 0 Å². The highest BCUT2D eigenvalue weighted by molar-refractivity contribution is 5.68. The molecule has 0 saturated heterocycles. The molecule has 0 fully saturated rings. The number of quaternary nitrogens is 1. The number of carbonyl (C=O) groups is 1. The van der Waals surface area contributed by atoms with Gasteiger partial charge in [0.25, 0.3) is 0 Å². The number of hydrogen-bond donors (Lipinski definition) is 3. The molecule has 0 aromatic carbocycles. The highest BCUT2D eigenvalue weighted by Crippen LogP contribution is 2.24. The lowest BCUT2D eigenvalue weighted by molar-refractivity contribution is -0.877. The lowest BCUT2D eigenvalue weighted by atomic mass is 9.86. The van der Waals surface area contributed by atoms with E-state index in [1.54, 1.807) is 0 Å². The predicted octanol–water partition coefficient (Wildman–Crippen LogP) is 0.305. The van der Waals surface area contributed by atoms with Gasteiger partial charge in [0, 0.05) is 0 Å². The molecule has 0 aliphatic carbocycles. The van der Waals surface area contributed by atoms with E-state index in [1.807, 2.05) is 35.0 Å². The number of rotatable bonds is 7. The van der Waals surface area contributed by atoms with Gasteiger partial charge in [0.05, 0.1) is 33.7 Å². The summed E-state index contributed by atoms with van der Waals surface area (Å²) in [5.74, 6) is -0.887. The van der Waals surface area contributed by atoms with E-state index in [9.17, 15) is 15.0 Å². The molecule has 0 aliphatic heterocycles. The Hall–Kier alpha value is -0.650. The van der Waals surface area contributed by atoms with E-state index in [2.05, 4.69) is 0 Å².